The Morgan fingerprint density at radius 2 is 2.20 bits per heavy atom. The van der Waals surface area contributed by atoms with Gasteiger partial charge in [-0.15, -0.1) is 0 Å². The quantitative estimate of drug-likeness (QED) is 0.669. The van der Waals surface area contributed by atoms with Crippen molar-refractivity contribution in [1.29, 1.82) is 5.26 Å². The summed E-state index contributed by atoms with van der Waals surface area (Å²) in [5, 5.41) is 13.0. The first-order valence-electron chi connectivity index (χ1n) is 7.21. The fourth-order valence-corrected chi connectivity index (χ4v) is 2.82. The SMILES string of the molecule is CCCCCNc1nc(Cl)c(C#N)c2c1CN(C)CC2. The van der Waals surface area contributed by atoms with Gasteiger partial charge in [0.05, 0.1) is 5.56 Å². The lowest BCUT2D eigenvalue weighted by molar-refractivity contribution is 0.313. The number of nitriles is 1. The van der Waals surface area contributed by atoms with E-state index in [1.165, 1.54) is 12.8 Å². The summed E-state index contributed by atoms with van der Waals surface area (Å²) in [5.41, 5.74) is 2.76. The molecule has 2 rings (SSSR count). The summed E-state index contributed by atoms with van der Waals surface area (Å²) in [6, 6.07) is 2.20. The highest BCUT2D eigenvalue weighted by Gasteiger charge is 2.23. The Morgan fingerprint density at radius 3 is 2.90 bits per heavy atom. The van der Waals surface area contributed by atoms with Gasteiger partial charge in [-0.05, 0) is 25.5 Å². The molecule has 0 aromatic carbocycles. The molecule has 2 heterocycles. The van der Waals surface area contributed by atoms with Gasteiger partial charge in [0.1, 0.15) is 17.0 Å². The first-order chi connectivity index (χ1) is 9.67. The Labute approximate surface area is 125 Å². The van der Waals surface area contributed by atoms with E-state index in [4.69, 9.17) is 11.6 Å². The molecule has 0 fully saturated rings. The molecule has 0 aliphatic carbocycles. The number of nitrogens with one attached hydrogen (secondary N) is 1. The molecule has 0 atom stereocenters. The largest absolute Gasteiger partial charge is 0.370 e. The number of halogens is 1. The maximum Gasteiger partial charge on any atom is 0.149 e. The van der Waals surface area contributed by atoms with Crippen LogP contribution in [-0.4, -0.2) is 30.0 Å². The molecular weight excluding hydrogens is 272 g/mol. The molecule has 5 heteroatoms. The first-order valence-corrected chi connectivity index (χ1v) is 7.59. The van der Waals surface area contributed by atoms with E-state index in [-0.39, 0.29) is 0 Å². The molecular formula is C15H21ClN4. The van der Waals surface area contributed by atoms with Crippen molar-refractivity contribution in [2.45, 2.75) is 39.2 Å². The van der Waals surface area contributed by atoms with Crippen molar-refractivity contribution in [1.82, 2.24) is 9.88 Å². The van der Waals surface area contributed by atoms with Crippen molar-refractivity contribution in [3.05, 3.63) is 21.8 Å². The minimum atomic E-state index is 0.328. The van der Waals surface area contributed by atoms with Crippen molar-refractivity contribution >= 4 is 17.4 Å². The van der Waals surface area contributed by atoms with Crippen LogP contribution in [-0.2, 0) is 13.0 Å². The van der Waals surface area contributed by atoms with Crippen LogP contribution < -0.4 is 5.32 Å². The number of hydrogen-bond acceptors (Lipinski definition) is 4. The Bertz CT molecular complexity index is 522. The summed E-state index contributed by atoms with van der Waals surface area (Å²) in [5.74, 6) is 0.853. The zero-order valence-electron chi connectivity index (χ0n) is 12.2. The van der Waals surface area contributed by atoms with Gasteiger partial charge in [0.25, 0.3) is 0 Å². The predicted molar refractivity (Wildman–Crippen MR) is 82.0 cm³/mol. The second kappa shape index (κ2) is 6.92. The van der Waals surface area contributed by atoms with Crippen LogP contribution in [0.1, 0.15) is 42.9 Å². The molecule has 0 saturated carbocycles. The lowest BCUT2D eigenvalue weighted by Crippen LogP contribution is -2.28. The minimum Gasteiger partial charge on any atom is -0.370 e. The summed E-state index contributed by atoms with van der Waals surface area (Å²) >= 11 is 6.16. The molecule has 4 nitrogen and oxygen atoms in total. The second-order valence-corrected chi connectivity index (χ2v) is 5.67. The molecule has 0 radical (unpaired) electrons. The van der Waals surface area contributed by atoms with Gasteiger partial charge in [-0.1, -0.05) is 31.4 Å². The number of unbranched alkanes of at least 4 members (excludes halogenated alkanes) is 2. The van der Waals surface area contributed by atoms with Gasteiger partial charge in [0, 0.05) is 25.2 Å². The van der Waals surface area contributed by atoms with Gasteiger partial charge in [-0.25, -0.2) is 4.98 Å². The van der Waals surface area contributed by atoms with Gasteiger partial charge >= 0.3 is 0 Å². The Morgan fingerprint density at radius 1 is 1.40 bits per heavy atom. The number of nitrogens with zero attached hydrogens (tertiary/aromatic N) is 3. The van der Waals surface area contributed by atoms with Gasteiger partial charge in [0.2, 0.25) is 0 Å². The van der Waals surface area contributed by atoms with E-state index in [0.29, 0.717) is 10.7 Å². The fourth-order valence-electron chi connectivity index (χ4n) is 2.58. The molecule has 20 heavy (non-hydrogen) atoms. The predicted octanol–water partition coefficient (Wildman–Crippen LogP) is 3.20. The molecule has 1 N–H and O–H groups in total. The zero-order chi connectivity index (χ0) is 14.5. The average molecular weight is 293 g/mol. The van der Waals surface area contributed by atoms with Gasteiger partial charge in [-0.3, -0.25) is 0 Å². The Kier molecular flexibility index (Phi) is 5.22. The Hall–Kier alpha value is -1.31. The number of anilines is 1. The van der Waals surface area contributed by atoms with Crippen molar-refractivity contribution < 1.29 is 0 Å². The van der Waals surface area contributed by atoms with Crippen LogP contribution in [0.15, 0.2) is 0 Å². The number of aromatic nitrogens is 1. The van der Waals surface area contributed by atoms with Crippen molar-refractivity contribution in [3.8, 4) is 6.07 Å². The van der Waals surface area contributed by atoms with Crippen LogP contribution in [0.3, 0.4) is 0 Å². The van der Waals surface area contributed by atoms with Crippen LogP contribution in [0.25, 0.3) is 0 Å². The van der Waals surface area contributed by atoms with Gasteiger partial charge in [-0.2, -0.15) is 5.26 Å². The normalized spacial score (nSPS) is 14.7. The van der Waals surface area contributed by atoms with Gasteiger partial charge in [0.15, 0.2) is 0 Å². The fraction of sp³-hybridized carbons (Fsp3) is 0.600. The Balaban J connectivity index is 2.27. The third-order valence-corrected chi connectivity index (χ3v) is 4.00. The van der Waals surface area contributed by atoms with E-state index in [1.54, 1.807) is 0 Å². The third-order valence-electron chi connectivity index (χ3n) is 3.72. The highest BCUT2D eigenvalue weighted by atomic mass is 35.5. The lowest BCUT2D eigenvalue weighted by Gasteiger charge is -2.27. The first kappa shape index (κ1) is 15.1. The number of hydrogen-bond donors (Lipinski definition) is 1. The molecule has 1 aromatic heterocycles. The maximum atomic E-state index is 9.27. The van der Waals surface area contributed by atoms with Crippen LogP contribution in [0, 0.1) is 11.3 Å². The molecule has 1 aliphatic rings. The number of fused-ring (bicyclic) bond motifs is 1. The lowest BCUT2D eigenvalue weighted by atomic mass is 9.97. The van der Waals surface area contributed by atoms with E-state index in [0.717, 1.165) is 49.4 Å². The molecule has 0 saturated heterocycles. The highest BCUT2D eigenvalue weighted by Crippen LogP contribution is 2.31. The van der Waals surface area contributed by atoms with Crippen LogP contribution in [0.4, 0.5) is 5.82 Å². The summed E-state index contributed by atoms with van der Waals surface area (Å²) in [4.78, 5) is 6.64. The molecule has 0 amide bonds. The highest BCUT2D eigenvalue weighted by molar-refractivity contribution is 6.30. The van der Waals surface area contributed by atoms with Crippen molar-refractivity contribution in [2.24, 2.45) is 0 Å². The van der Waals surface area contributed by atoms with Crippen molar-refractivity contribution in [3.63, 3.8) is 0 Å². The molecule has 0 bridgehead atoms. The standard InChI is InChI=1S/C15H21ClN4/c1-3-4-5-7-18-15-13-10-20(2)8-6-11(13)12(9-17)14(16)19-15/h3-8,10H2,1-2H3,(H,18,19). The topological polar surface area (TPSA) is 52.0 Å². The molecule has 0 unspecified atom stereocenters. The number of rotatable bonds is 5. The zero-order valence-corrected chi connectivity index (χ0v) is 12.9. The van der Waals surface area contributed by atoms with Crippen molar-refractivity contribution in [2.75, 3.05) is 25.5 Å². The molecule has 1 aromatic rings. The average Bonchev–Trinajstić information content (AvgIpc) is 2.44. The smallest absolute Gasteiger partial charge is 0.149 e. The molecule has 108 valence electrons. The van der Waals surface area contributed by atoms with E-state index < -0.39 is 0 Å². The van der Waals surface area contributed by atoms with Crippen LogP contribution in [0.2, 0.25) is 5.15 Å². The summed E-state index contributed by atoms with van der Waals surface area (Å²) in [6.07, 6.45) is 4.39. The molecule has 1 aliphatic heterocycles. The summed E-state index contributed by atoms with van der Waals surface area (Å²) < 4.78 is 0. The van der Waals surface area contributed by atoms with Gasteiger partial charge < -0.3 is 10.2 Å². The summed E-state index contributed by atoms with van der Waals surface area (Å²) in [6.45, 7) is 4.87. The number of pyridine rings is 1. The van der Waals surface area contributed by atoms with E-state index in [1.807, 2.05) is 0 Å². The van der Waals surface area contributed by atoms with E-state index in [9.17, 15) is 5.26 Å². The summed E-state index contributed by atoms with van der Waals surface area (Å²) in [7, 11) is 2.09. The minimum absolute atomic E-state index is 0.328. The van der Waals surface area contributed by atoms with Crippen LogP contribution >= 0.6 is 11.6 Å². The van der Waals surface area contributed by atoms with Crippen LogP contribution in [0.5, 0.6) is 0 Å². The maximum absolute atomic E-state index is 9.27. The second-order valence-electron chi connectivity index (χ2n) is 5.32. The van der Waals surface area contributed by atoms with E-state index >= 15 is 0 Å². The van der Waals surface area contributed by atoms with E-state index in [2.05, 4.69) is 35.2 Å². The molecule has 0 spiro atoms. The number of likely N-dealkylation sites (N-methyl/N-ethyl adjacent to an activating group) is 1. The third kappa shape index (κ3) is 3.23. The monoisotopic (exact) mass is 292 g/mol.